The fourth-order valence-electron chi connectivity index (χ4n) is 6.67. The van der Waals surface area contributed by atoms with Gasteiger partial charge in [0, 0.05) is 49.7 Å². The summed E-state index contributed by atoms with van der Waals surface area (Å²) in [5.74, 6) is -2.24. The highest BCUT2D eigenvalue weighted by molar-refractivity contribution is 5.94. The minimum Gasteiger partial charge on any atom is -0.497 e. The van der Waals surface area contributed by atoms with Crippen LogP contribution in [0.2, 0.25) is 0 Å². The molecule has 228 valence electrons. The Morgan fingerprint density at radius 3 is 2.60 bits per heavy atom. The van der Waals surface area contributed by atoms with Crippen molar-refractivity contribution in [3.8, 4) is 16.9 Å². The second-order valence-electron chi connectivity index (χ2n) is 11.7. The maximum atomic E-state index is 15.8. The second kappa shape index (κ2) is 12.1. The number of likely N-dealkylation sites (N-methyl/N-ethyl adjacent to an activating group) is 1. The third kappa shape index (κ3) is 5.56. The highest BCUT2D eigenvalue weighted by Crippen LogP contribution is 2.47. The average Bonchev–Trinajstić information content (AvgIpc) is 3.02. The van der Waals surface area contributed by atoms with Crippen LogP contribution in [0, 0.1) is 17.6 Å². The molecule has 5 rings (SSSR count). The lowest BCUT2D eigenvalue weighted by Gasteiger charge is -2.44. The van der Waals surface area contributed by atoms with Crippen LogP contribution in [0.3, 0.4) is 0 Å². The number of carbonyl (C=O) groups is 2. The molecule has 3 aromatic rings. The number of benzene rings is 3. The smallest absolute Gasteiger partial charge is 0.344 e. The maximum absolute atomic E-state index is 15.8. The minimum atomic E-state index is -1.59. The zero-order valence-electron chi connectivity index (χ0n) is 24.5. The average molecular weight is 595 g/mol. The molecule has 3 aromatic carbocycles. The van der Waals surface area contributed by atoms with Gasteiger partial charge >= 0.3 is 5.91 Å². The molecule has 0 aromatic heterocycles. The minimum absolute atomic E-state index is 0.0678. The first-order valence-corrected chi connectivity index (χ1v) is 14.5. The van der Waals surface area contributed by atoms with Gasteiger partial charge < -0.3 is 25.6 Å². The van der Waals surface area contributed by atoms with Crippen molar-refractivity contribution in [3.63, 3.8) is 0 Å². The molecule has 0 aliphatic carbocycles. The molecule has 10 heteroatoms. The summed E-state index contributed by atoms with van der Waals surface area (Å²) in [4.78, 5) is 28.2. The Morgan fingerprint density at radius 2 is 1.91 bits per heavy atom. The number of nitrogens with zero attached hydrogens (tertiary/aromatic N) is 2. The van der Waals surface area contributed by atoms with Crippen molar-refractivity contribution in [3.05, 3.63) is 82.9 Å². The van der Waals surface area contributed by atoms with Gasteiger partial charge in [-0.05, 0) is 60.2 Å². The fraction of sp³-hybridized carbons (Fsp3) is 0.394. The lowest BCUT2D eigenvalue weighted by atomic mass is 9.71. The molecule has 2 aliphatic rings. The number of ether oxygens (including phenoxy) is 1. The van der Waals surface area contributed by atoms with Gasteiger partial charge in [-0.3, -0.25) is 4.79 Å². The number of aliphatic hydroxyl groups excluding tert-OH is 1. The van der Waals surface area contributed by atoms with E-state index >= 15 is 4.39 Å². The monoisotopic (exact) mass is 594 g/mol. The van der Waals surface area contributed by atoms with Crippen LogP contribution in [0.15, 0.2) is 54.6 Å². The molecular formula is C33H38F2N3O5+. The molecule has 1 saturated heterocycles. The van der Waals surface area contributed by atoms with Crippen LogP contribution in [-0.2, 0) is 16.9 Å². The quantitative estimate of drug-likeness (QED) is 0.384. The normalized spacial score (nSPS) is 23.8. The van der Waals surface area contributed by atoms with E-state index < -0.39 is 41.6 Å². The van der Waals surface area contributed by atoms with Crippen molar-refractivity contribution in [1.29, 1.82) is 0 Å². The molecule has 2 heterocycles. The van der Waals surface area contributed by atoms with Crippen LogP contribution in [0.1, 0.15) is 47.2 Å². The van der Waals surface area contributed by atoms with E-state index in [4.69, 9.17) is 10.5 Å². The van der Waals surface area contributed by atoms with Gasteiger partial charge in [-0.15, -0.1) is 0 Å². The third-order valence-corrected chi connectivity index (χ3v) is 9.20. The van der Waals surface area contributed by atoms with Crippen molar-refractivity contribution in [2.45, 2.75) is 37.8 Å². The third-order valence-electron chi connectivity index (χ3n) is 9.20. The van der Waals surface area contributed by atoms with E-state index in [1.165, 1.54) is 25.3 Å². The Hall–Kier alpha value is -3.70. The van der Waals surface area contributed by atoms with E-state index in [9.17, 15) is 24.2 Å². The van der Waals surface area contributed by atoms with Crippen LogP contribution in [-0.4, -0.2) is 67.3 Å². The van der Waals surface area contributed by atoms with Crippen LogP contribution >= 0.6 is 0 Å². The number of halogens is 2. The summed E-state index contributed by atoms with van der Waals surface area (Å²) in [6.45, 7) is 0.234. The van der Waals surface area contributed by atoms with Gasteiger partial charge in [-0.1, -0.05) is 18.2 Å². The molecule has 0 saturated carbocycles. The number of hydrogen-bond acceptors (Lipinski definition) is 6. The number of hydrogen-bond donors (Lipinski definition) is 3. The van der Waals surface area contributed by atoms with Gasteiger partial charge in [-0.25, -0.2) is 18.1 Å². The first-order valence-electron chi connectivity index (χ1n) is 14.5. The number of likely N-dealkylation sites (tertiary alicyclic amines) is 1. The van der Waals surface area contributed by atoms with Crippen LogP contribution < -0.4 is 15.0 Å². The van der Waals surface area contributed by atoms with E-state index in [-0.39, 0.29) is 41.7 Å². The molecule has 2 aliphatic heterocycles. The molecule has 1 unspecified atom stereocenters. The van der Waals surface area contributed by atoms with E-state index in [1.54, 1.807) is 48.3 Å². The number of quaternary nitrogens is 1. The summed E-state index contributed by atoms with van der Waals surface area (Å²) in [6, 6.07) is 14.0. The van der Waals surface area contributed by atoms with Gasteiger partial charge in [0.15, 0.2) is 6.61 Å². The molecule has 0 spiro atoms. The fourth-order valence-corrected chi connectivity index (χ4v) is 6.67. The Morgan fingerprint density at radius 1 is 1.12 bits per heavy atom. The number of rotatable bonds is 5. The Bertz CT molecular complexity index is 1550. The topological polar surface area (TPSA) is 113 Å². The highest BCUT2D eigenvalue weighted by atomic mass is 19.1. The van der Waals surface area contributed by atoms with E-state index in [0.717, 1.165) is 0 Å². The van der Waals surface area contributed by atoms with Gasteiger partial charge in [-0.2, -0.15) is 0 Å². The first kappa shape index (κ1) is 30.7. The summed E-state index contributed by atoms with van der Waals surface area (Å²) in [5, 5.41) is 22.5. The highest BCUT2D eigenvalue weighted by Gasteiger charge is 2.45. The van der Waals surface area contributed by atoms with E-state index in [0.29, 0.717) is 53.9 Å². The van der Waals surface area contributed by atoms with E-state index in [1.807, 2.05) is 0 Å². The van der Waals surface area contributed by atoms with E-state index in [2.05, 4.69) is 0 Å². The van der Waals surface area contributed by atoms with Crippen molar-refractivity contribution in [2.75, 3.05) is 40.4 Å². The molecule has 2 bridgehead atoms. The van der Waals surface area contributed by atoms with Crippen molar-refractivity contribution in [2.24, 2.45) is 11.7 Å². The zero-order valence-corrected chi connectivity index (χ0v) is 24.5. The Balaban J connectivity index is 1.60. The second-order valence-corrected chi connectivity index (χ2v) is 11.7. The predicted octanol–water partition coefficient (Wildman–Crippen LogP) is 4.09. The van der Waals surface area contributed by atoms with Crippen molar-refractivity contribution in [1.82, 2.24) is 9.38 Å². The van der Waals surface area contributed by atoms with Gasteiger partial charge in [0.1, 0.15) is 23.1 Å². The lowest BCUT2D eigenvalue weighted by molar-refractivity contribution is -0.132. The maximum Gasteiger partial charge on any atom is 0.344 e. The molecule has 4 N–H and O–H groups in total. The largest absolute Gasteiger partial charge is 0.497 e. The zero-order chi connectivity index (χ0) is 30.9. The first-order chi connectivity index (χ1) is 20.5. The number of piperidine rings is 1. The number of amides is 2. The van der Waals surface area contributed by atoms with Crippen LogP contribution in [0.25, 0.3) is 11.1 Å². The summed E-state index contributed by atoms with van der Waals surface area (Å²) in [5.41, 5.74) is 6.05. The molecular weight excluding hydrogens is 556 g/mol. The molecule has 43 heavy (non-hydrogen) atoms. The van der Waals surface area contributed by atoms with Gasteiger partial charge in [0.25, 0.3) is 5.91 Å². The molecule has 3 atom stereocenters. The van der Waals surface area contributed by atoms with Crippen LogP contribution in [0.5, 0.6) is 5.75 Å². The summed E-state index contributed by atoms with van der Waals surface area (Å²) in [6.07, 6.45) is 1.63. The Kier molecular flexibility index (Phi) is 8.67. The lowest BCUT2D eigenvalue weighted by Crippen LogP contribution is -2.54. The Labute approximate surface area is 249 Å². The van der Waals surface area contributed by atoms with Gasteiger partial charge in [0.2, 0.25) is 0 Å². The van der Waals surface area contributed by atoms with Crippen LogP contribution in [0.4, 0.5) is 14.5 Å². The van der Waals surface area contributed by atoms with Gasteiger partial charge in [0.05, 0.1) is 31.9 Å². The number of nitrogens with two attached hydrogens (primary N) is 1. The predicted molar refractivity (Wildman–Crippen MR) is 159 cm³/mol. The van der Waals surface area contributed by atoms with Crippen molar-refractivity contribution < 1.29 is 33.3 Å². The number of carbonyl (C=O) groups excluding carboxylic acids is 2. The summed E-state index contributed by atoms with van der Waals surface area (Å²) in [7, 11) is 3.16. The number of methoxy groups -OCH3 is 1. The SMILES string of the molecule is COc1cc2cc(c1)[N+](C)(C(=O)CO)CCC[C@](O)([C@@H]1CCCN(C(=O)c3ccc(CN)cc3F)C1)c1cccc(F)c1-2. The summed E-state index contributed by atoms with van der Waals surface area (Å²) < 4.78 is 36.0. The molecule has 1 fully saturated rings. The summed E-state index contributed by atoms with van der Waals surface area (Å²) >= 11 is 0. The van der Waals surface area contributed by atoms with Crippen molar-refractivity contribution >= 4 is 17.5 Å². The number of aliphatic hydroxyl groups is 2. The molecule has 0 radical (unpaired) electrons. The molecule has 2 amide bonds. The molecule has 8 nitrogen and oxygen atoms in total. The standard InChI is InChI=1S/C33H38F2N3O5/c1-38(30(40)20-39)13-5-11-33(42,27-7-3-8-28(34)31(27)22-15-24(38)17-25(16-22)43-2)23-6-4-12-37(19-23)32(41)26-10-9-21(18-36)14-29(26)35/h3,7-10,14-17,23,39,42H,4-6,11-13,18-20,36H2,1-2H3/q+1/t23-,33+,38?/m1/s1. The number of fused-ring (bicyclic) bond motifs is 4.